The predicted molar refractivity (Wildman–Crippen MR) is 93.9 cm³/mol. The van der Waals surface area contributed by atoms with Gasteiger partial charge in [0.2, 0.25) is 0 Å². The maximum Gasteiger partial charge on any atom is 0.0916 e. The summed E-state index contributed by atoms with van der Waals surface area (Å²) in [4.78, 5) is 0. The molecule has 0 saturated carbocycles. The van der Waals surface area contributed by atoms with Gasteiger partial charge in [0.05, 0.1) is 5.60 Å². The molecule has 118 valence electrons. The van der Waals surface area contributed by atoms with Gasteiger partial charge in [0, 0.05) is 6.42 Å². The minimum Gasteiger partial charge on any atom is -0.385 e. The van der Waals surface area contributed by atoms with E-state index in [1.165, 1.54) is 27.8 Å². The van der Waals surface area contributed by atoms with Gasteiger partial charge in [-0.15, -0.1) is 0 Å². The summed E-state index contributed by atoms with van der Waals surface area (Å²) in [6.07, 6.45) is 5.89. The van der Waals surface area contributed by atoms with Crippen LogP contribution in [0.4, 0.5) is 0 Å². The summed E-state index contributed by atoms with van der Waals surface area (Å²) in [6, 6.07) is 6.88. The zero-order valence-electron chi connectivity index (χ0n) is 14.7. The van der Waals surface area contributed by atoms with Gasteiger partial charge in [0.1, 0.15) is 0 Å². The van der Waals surface area contributed by atoms with E-state index in [2.05, 4.69) is 65.8 Å². The van der Waals surface area contributed by atoms with Crippen molar-refractivity contribution in [3.63, 3.8) is 0 Å². The van der Waals surface area contributed by atoms with Gasteiger partial charge in [0.15, 0.2) is 0 Å². The van der Waals surface area contributed by atoms with Crippen LogP contribution in [0.3, 0.4) is 0 Å². The fourth-order valence-electron chi connectivity index (χ4n) is 3.47. The summed E-state index contributed by atoms with van der Waals surface area (Å²) in [7, 11) is 0. The molecule has 1 atom stereocenters. The average molecular weight is 296 g/mol. The Balaban J connectivity index is 1.96. The highest BCUT2D eigenvalue weighted by Crippen LogP contribution is 2.47. The van der Waals surface area contributed by atoms with Crippen LogP contribution in [0.15, 0.2) is 35.9 Å². The van der Waals surface area contributed by atoms with E-state index in [9.17, 15) is 5.11 Å². The normalized spacial score (nSPS) is 24.5. The van der Waals surface area contributed by atoms with Crippen LogP contribution < -0.4 is 0 Å². The van der Waals surface area contributed by atoms with Crippen molar-refractivity contribution in [2.75, 3.05) is 0 Å². The fraction of sp³-hybridized carbons (Fsp3) is 0.524. The van der Waals surface area contributed by atoms with Crippen LogP contribution in [0, 0.1) is 5.41 Å². The van der Waals surface area contributed by atoms with E-state index in [-0.39, 0.29) is 10.8 Å². The van der Waals surface area contributed by atoms with E-state index in [0.717, 1.165) is 12.8 Å². The largest absolute Gasteiger partial charge is 0.385 e. The average Bonchev–Trinajstić information content (AvgIpc) is 2.72. The first-order valence-corrected chi connectivity index (χ1v) is 8.29. The van der Waals surface area contributed by atoms with Gasteiger partial charge >= 0.3 is 0 Å². The fourth-order valence-corrected chi connectivity index (χ4v) is 3.47. The Bertz CT molecular complexity index is 677. The lowest BCUT2D eigenvalue weighted by Gasteiger charge is -2.40. The first-order valence-electron chi connectivity index (χ1n) is 8.29. The quantitative estimate of drug-likeness (QED) is 0.712. The molecule has 0 saturated heterocycles. The molecule has 2 aliphatic rings. The van der Waals surface area contributed by atoms with Crippen LogP contribution in [-0.2, 0) is 11.8 Å². The molecule has 1 aromatic carbocycles. The second-order valence-electron chi connectivity index (χ2n) is 9.00. The Hall–Kier alpha value is -1.34. The number of aliphatic hydroxyl groups is 1. The van der Waals surface area contributed by atoms with Crippen molar-refractivity contribution in [3.05, 3.63) is 52.6 Å². The predicted octanol–water partition coefficient (Wildman–Crippen LogP) is 5.03. The second kappa shape index (κ2) is 4.58. The van der Waals surface area contributed by atoms with E-state index in [1.54, 1.807) is 0 Å². The molecular weight excluding hydrogens is 268 g/mol. The van der Waals surface area contributed by atoms with Crippen molar-refractivity contribution in [3.8, 4) is 0 Å². The third-order valence-electron chi connectivity index (χ3n) is 5.35. The Kier molecular flexibility index (Phi) is 3.24. The number of fused-ring (bicyclic) bond motifs is 2. The van der Waals surface area contributed by atoms with Crippen molar-refractivity contribution in [2.24, 2.45) is 5.41 Å². The molecule has 0 bridgehead atoms. The molecule has 1 heteroatoms. The third-order valence-corrected chi connectivity index (χ3v) is 5.35. The highest BCUT2D eigenvalue weighted by Gasteiger charge is 2.41. The van der Waals surface area contributed by atoms with E-state index >= 15 is 0 Å². The van der Waals surface area contributed by atoms with E-state index in [0.29, 0.717) is 0 Å². The molecule has 22 heavy (non-hydrogen) atoms. The summed E-state index contributed by atoms with van der Waals surface area (Å²) in [5.74, 6) is 0. The lowest BCUT2D eigenvalue weighted by atomic mass is 9.70. The summed E-state index contributed by atoms with van der Waals surface area (Å²) < 4.78 is 0. The third kappa shape index (κ3) is 2.36. The van der Waals surface area contributed by atoms with E-state index in [4.69, 9.17) is 0 Å². The molecule has 0 fully saturated rings. The maximum atomic E-state index is 11.0. The summed E-state index contributed by atoms with van der Waals surface area (Å²) in [6.45, 7) is 13.1. The number of allylic oxidation sites excluding steroid dienone is 2. The molecule has 0 amide bonds. The van der Waals surface area contributed by atoms with Crippen LogP contribution in [0.2, 0.25) is 0 Å². The molecule has 1 unspecified atom stereocenters. The Morgan fingerprint density at radius 1 is 1.05 bits per heavy atom. The van der Waals surface area contributed by atoms with Gasteiger partial charge in [-0.05, 0) is 39.5 Å². The first-order chi connectivity index (χ1) is 10.0. The molecule has 2 aliphatic carbocycles. The van der Waals surface area contributed by atoms with Crippen molar-refractivity contribution < 1.29 is 5.11 Å². The Labute approximate surface area is 134 Å². The number of hydrogen-bond donors (Lipinski definition) is 1. The number of hydrogen-bond acceptors (Lipinski definition) is 1. The molecule has 1 aromatic rings. The number of benzene rings is 1. The smallest absolute Gasteiger partial charge is 0.0916 e. The number of rotatable bonds is 0. The van der Waals surface area contributed by atoms with Gasteiger partial charge in [-0.3, -0.25) is 0 Å². The molecule has 0 spiro atoms. The van der Waals surface area contributed by atoms with Gasteiger partial charge in [0.25, 0.3) is 0 Å². The highest BCUT2D eigenvalue weighted by atomic mass is 16.3. The van der Waals surface area contributed by atoms with Gasteiger partial charge in [-0.1, -0.05) is 77.5 Å². The van der Waals surface area contributed by atoms with E-state index < -0.39 is 5.60 Å². The zero-order chi connectivity index (χ0) is 16.3. The van der Waals surface area contributed by atoms with Crippen molar-refractivity contribution in [2.45, 2.75) is 65.4 Å². The summed E-state index contributed by atoms with van der Waals surface area (Å²) in [5, 5.41) is 11.0. The van der Waals surface area contributed by atoms with Crippen LogP contribution >= 0.6 is 0 Å². The molecule has 1 nitrogen and oxygen atoms in total. The second-order valence-corrected chi connectivity index (χ2v) is 9.00. The lowest BCUT2D eigenvalue weighted by molar-refractivity contribution is -0.0141. The van der Waals surface area contributed by atoms with E-state index in [1.807, 2.05) is 6.08 Å². The van der Waals surface area contributed by atoms with Crippen molar-refractivity contribution in [1.29, 1.82) is 0 Å². The molecule has 3 rings (SSSR count). The zero-order valence-corrected chi connectivity index (χ0v) is 14.7. The molecule has 1 N–H and O–H groups in total. The topological polar surface area (TPSA) is 20.2 Å². The highest BCUT2D eigenvalue weighted by molar-refractivity contribution is 5.84. The summed E-state index contributed by atoms with van der Waals surface area (Å²) >= 11 is 0. The van der Waals surface area contributed by atoms with Crippen LogP contribution in [0.1, 0.15) is 64.7 Å². The standard InChI is InChI=1S/C21H28O/c1-19(2,3)16-7-8-17-14(12-16)11-15-13-21(22,20(4,5)6)10-9-18(15)17/h7-10,12,22H,11,13H2,1-6H3. The van der Waals surface area contributed by atoms with Crippen LogP contribution in [0.5, 0.6) is 0 Å². The van der Waals surface area contributed by atoms with Gasteiger partial charge < -0.3 is 5.11 Å². The maximum absolute atomic E-state index is 11.0. The molecular formula is C21H28O. The van der Waals surface area contributed by atoms with Gasteiger partial charge in [-0.2, -0.15) is 0 Å². The van der Waals surface area contributed by atoms with Crippen LogP contribution in [-0.4, -0.2) is 10.7 Å². The molecule has 0 radical (unpaired) electrons. The molecule has 0 aromatic heterocycles. The molecule has 0 aliphatic heterocycles. The Morgan fingerprint density at radius 2 is 1.73 bits per heavy atom. The minimum atomic E-state index is -0.735. The summed E-state index contributed by atoms with van der Waals surface area (Å²) in [5.41, 5.74) is 6.19. The van der Waals surface area contributed by atoms with Crippen molar-refractivity contribution >= 4 is 5.57 Å². The van der Waals surface area contributed by atoms with Crippen LogP contribution in [0.25, 0.3) is 5.57 Å². The minimum absolute atomic E-state index is 0.145. The first kappa shape index (κ1) is 15.6. The van der Waals surface area contributed by atoms with Crippen molar-refractivity contribution in [1.82, 2.24) is 0 Å². The SMILES string of the molecule is CC(C)(C)c1ccc2c(c1)CC1=C2C=CC(O)(C(C)(C)C)C1. The monoisotopic (exact) mass is 296 g/mol. The van der Waals surface area contributed by atoms with Gasteiger partial charge in [-0.25, -0.2) is 0 Å². The lowest BCUT2D eigenvalue weighted by Crippen LogP contribution is -2.42. The Morgan fingerprint density at radius 3 is 2.32 bits per heavy atom. The molecule has 0 heterocycles.